The first-order valence-electron chi connectivity index (χ1n) is 9.28. The van der Waals surface area contributed by atoms with Crippen molar-refractivity contribution in [1.29, 1.82) is 0 Å². The van der Waals surface area contributed by atoms with E-state index in [9.17, 15) is 4.79 Å². The van der Waals surface area contributed by atoms with Crippen molar-refractivity contribution in [2.45, 2.75) is 13.8 Å². The minimum Gasteiger partial charge on any atom is -0.494 e. The highest BCUT2D eigenvalue weighted by Gasteiger charge is 2.23. The number of hydrogen-bond donors (Lipinski definition) is 0. The van der Waals surface area contributed by atoms with E-state index in [4.69, 9.17) is 4.74 Å². The molecule has 0 atom stereocenters. The number of nitrogens with zero attached hydrogens (tertiary/aromatic N) is 5. The summed E-state index contributed by atoms with van der Waals surface area (Å²) in [6, 6.07) is 9.35. The lowest BCUT2D eigenvalue weighted by molar-refractivity contribution is 0.0746. The molecule has 0 spiro atoms. The summed E-state index contributed by atoms with van der Waals surface area (Å²) in [6.45, 7) is 7.33. The van der Waals surface area contributed by atoms with Crippen LogP contribution < -0.4 is 14.5 Å². The van der Waals surface area contributed by atoms with Gasteiger partial charge in [-0.2, -0.15) is 0 Å². The van der Waals surface area contributed by atoms with Gasteiger partial charge >= 0.3 is 0 Å². The predicted octanol–water partition coefficient (Wildman–Crippen LogP) is 2.21. The number of piperazine rings is 1. The molecular weight excluding hydrogens is 342 g/mol. The molecule has 0 radical (unpaired) electrons. The molecule has 0 saturated carbocycles. The molecule has 0 N–H and O–H groups in total. The average Bonchev–Trinajstić information content (AvgIpc) is 2.68. The molecule has 2 aromatic rings. The second-order valence-electron chi connectivity index (χ2n) is 6.76. The highest BCUT2D eigenvalue weighted by Crippen LogP contribution is 2.20. The van der Waals surface area contributed by atoms with Crippen molar-refractivity contribution in [3.05, 3.63) is 41.7 Å². The van der Waals surface area contributed by atoms with Crippen LogP contribution in [0.5, 0.6) is 5.75 Å². The zero-order chi connectivity index (χ0) is 19.4. The van der Waals surface area contributed by atoms with Crippen LogP contribution in [0, 0.1) is 6.92 Å². The van der Waals surface area contributed by atoms with E-state index in [1.165, 1.54) is 0 Å². The third-order valence-corrected chi connectivity index (χ3v) is 4.57. The summed E-state index contributed by atoms with van der Waals surface area (Å²) >= 11 is 0. The summed E-state index contributed by atoms with van der Waals surface area (Å²) < 4.78 is 5.44. The van der Waals surface area contributed by atoms with Gasteiger partial charge in [0, 0.05) is 51.9 Å². The van der Waals surface area contributed by atoms with Gasteiger partial charge in [0.1, 0.15) is 23.2 Å². The summed E-state index contributed by atoms with van der Waals surface area (Å²) in [4.78, 5) is 27.8. The van der Waals surface area contributed by atoms with E-state index in [-0.39, 0.29) is 5.91 Å². The molecule has 1 aliphatic heterocycles. The largest absolute Gasteiger partial charge is 0.494 e. The lowest BCUT2D eigenvalue weighted by atomic mass is 10.1. The van der Waals surface area contributed by atoms with Crippen LogP contribution in [0.15, 0.2) is 30.3 Å². The van der Waals surface area contributed by atoms with Crippen molar-refractivity contribution in [3.8, 4) is 5.75 Å². The second-order valence-corrected chi connectivity index (χ2v) is 6.76. The van der Waals surface area contributed by atoms with Crippen molar-refractivity contribution < 1.29 is 9.53 Å². The van der Waals surface area contributed by atoms with Gasteiger partial charge in [-0.3, -0.25) is 4.79 Å². The van der Waals surface area contributed by atoms with Crippen molar-refractivity contribution in [1.82, 2.24) is 14.9 Å². The fourth-order valence-corrected chi connectivity index (χ4v) is 3.11. The van der Waals surface area contributed by atoms with Crippen LogP contribution in [0.2, 0.25) is 0 Å². The van der Waals surface area contributed by atoms with Crippen LogP contribution in [0.25, 0.3) is 0 Å². The molecule has 0 bridgehead atoms. The zero-order valence-corrected chi connectivity index (χ0v) is 16.5. The maximum atomic E-state index is 12.7. The van der Waals surface area contributed by atoms with Gasteiger partial charge in [0.05, 0.1) is 6.61 Å². The van der Waals surface area contributed by atoms with Gasteiger partial charge < -0.3 is 19.4 Å². The fourth-order valence-electron chi connectivity index (χ4n) is 3.11. The predicted molar refractivity (Wildman–Crippen MR) is 107 cm³/mol. The molecule has 1 saturated heterocycles. The molecule has 2 heterocycles. The maximum Gasteiger partial charge on any atom is 0.253 e. The molecule has 1 aromatic carbocycles. The van der Waals surface area contributed by atoms with Gasteiger partial charge in [0.25, 0.3) is 5.91 Å². The minimum atomic E-state index is 0.0607. The summed E-state index contributed by atoms with van der Waals surface area (Å²) in [5.41, 5.74) is 0.694. The number of amides is 1. The Balaban J connectivity index is 1.64. The Morgan fingerprint density at radius 2 is 1.78 bits per heavy atom. The lowest BCUT2D eigenvalue weighted by Crippen LogP contribution is -2.49. The Hall–Kier alpha value is -2.83. The number of carbonyl (C=O) groups is 1. The van der Waals surface area contributed by atoms with Crippen molar-refractivity contribution in [3.63, 3.8) is 0 Å². The van der Waals surface area contributed by atoms with Crippen LogP contribution in [-0.4, -0.2) is 67.7 Å². The number of aryl methyl sites for hydroxylation is 1. The van der Waals surface area contributed by atoms with E-state index >= 15 is 0 Å². The zero-order valence-electron chi connectivity index (χ0n) is 16.5. The summed E-state index contributed by atoms with van der Waals surface area (Å²) in [7, 11) is 3.94. The van der Waals surface area contributed by atoms with Crippen LogP contribution in [0.1, 0.15) is 23.1 Å². The number of anilines is 2. The van der Waals surface area contributed by atoms with Gasteiger partial charge in [-0.15, -0.1) is 0 Å². The average molecular weight is 369 g/mol. The highest BCUT2D eigenvalue weighted by atomic mass is 16.5. The Morgan fingerprint density at radius 3 is 2.37 bits per heavy atom. The number of rotatable bonds is 5. The molecule has 27 heavy (non-hydrogen) atoms. The normalized spacial score (nSPS) is 14.2. The molecule has 3 rings (SSSR count). The molecule has 7 heteroatoms. The number of hydrogen-bond acceptors (Lipinski definition) is 6. The first-order valence-corrected chi connectivity index (χ1v) is 9.28. The van der Waals surface area contributed by atoms with Gasteiger partial charge in [-0.1, -0.05) is 0 Å². The van der Waals surface area contributed by atoms with E-state index in [0.717, 1.165) is 36.3 Å². The van der Waals surface area contributed by atoms with Crippen LogP contribution >= 0.6 is 0 Å². The van der Waals surface area contributed by atoms with Crippen molar-refractivity contribution >= 4 is 17.5 Å². The molecule has 1 fully saturated rings. The van der Waals surface area contributed by atoms with Gasteiger partial charge in [0.2, 0.25) is 0 Å². The van der Waals surface area contributed by atoms with E-state index in [1.54, 1.807) is 0 Å². The number of ether oxygens (including phenoxy) is 1. The fraction of sp³-hybridized carbons (Fsp3) is 0.450. The summed E-state index contributed by atoms with van der Waals surface area (Å²) in [5, 5.41) is 0. The molecular formula is C20H27N5O2. The molecule has 1 aliphatic rings. The number of carbonyl (C=O) groups excluding carboxylic acids is 1. The van der Waals surface area contributed by atoms with E-state index in [2.05, 4.69) is 14.9 Å². The smallest absolute Gasteiger partial charge is 0.253 e. The lowest BCUT2D eigenvalue weighted by Gasteiger charge is -2.35. The summed E-state index contributed by atoms with van der Waals surface area (Å²) in [6.07, 6.45) is 0. The van der Waals surface area contributed by atoms with Crippen LogP contribution in [0.3, 0.4) is 0 Å². The van der Waals surface area contributed by atoms with E-state index in [1.807, 2.05) is 68.1 Å². The Kier molecular flexibility index (Phi) is 5.78. The Labute approximate surface area is 160 Å². The molecule has 144 valence electrons. The number of aromatic nitrogens is 2. The molecule has 7 nitrogen and oxygen atoms in total. The van der Waals surface area contributed by atoms with Gasteiger partial charge in [0.15, 0.2) is 0 Å². The van der Waals surface area contributed by atoms with Crippen LogP contribution in [-0.2, 0) is 0 Å². The topological polar surface area (TPSA) is 61.8 Å². The van der Waals surface area contributed by atoms with Crippen molar-refractivity contribution in [2.75, 3.05) is 56.7 Å². The Morgan fingerprint density at radius 1 is 1.11 bits per heavy atom. The second kappa shape index (κ2) is 8.24. The van der Waals surface area contributed by atoms with Gasteiger partial charge in [-0.05, 0) is 38.1 Å². The summed E-state index contributed by atoms with van der Waals surface area (Å²) in [5.74, 6) is 3.41. The van der Waals surface area contributed by atoms with E-state index in [0.29, 0.717) is 25.3 Å². The highest BCUT2D eigenvalue weighted by molar-refractivity contribution is 5.94. The first kappa shape index (κ1) is 18.9. The van der Waals surface area contributed by atoms with E-state index < -0.39 is 0 Å². The quantitative estimate of drug-likeness (QED) is 0.805. The molecule has 1 aromatic heterocycles. The molecule has 0 unspecified atom stereocenters. The Bertz CT molecular complexity index is 783. The number of benzene rings is 1. The van der Waals surface area contributed by atoms with Crippen LogP contribution in [0.4, 0.5) is 11.6 Å². The van der Waals surface area contributed by atoms with Crippen molar-refractivity contribution in [2.24, 2.45) is 0 Å². The van der Waals surface area contributed by atoms with Gasteiger partial charge in [-0.25, -0.2) is 9.97 Å². The SMILES string of the molecule is CCOc1ccc(C(=O)N2CCN(c3cc(N(C)C)nc(C)n3)CC2)cc1. The molecule has 0 aliphatic carbocycles. The third kappa shape index (κ3) is 4.48. The minimum absolute atomic E-state index is 0.0607. The maximum absolute atomic E-state index is 12.7. The molecule has 1 amide bonds. The first-order chi connectivity index (χ1) is 13.0. The monoisotopic (exact) mass is 369 g/mol. The third-order valence-electron chi connectivity index (χ3n) is 4.57. The standard InChI is InChI=1S/C20H27N5O2/c1-5-27-17-8-6-16(7-9-17)20(26)25-12-10-24(11-13-25)19-14-18(23(3)4)21-15(2)22-19/h6-9,14H,5,10-13H2,1-4H3.